The topological polar surface area (TPSA) is 68.3 Å². The van der Waals surface area contributed by atoms with E-state index in [4.69, 9.17) is 9.47 Å². The van der Waals surface area contributed by atoms with Crippen LogP contribution in [0.25, 0.3) is 0 Å². The van der Waals surface area contributed by atoms with E-state index in [1.807, 2.05) is 7.05 Å². The first kappa shape index (κ1) is 13.8. The minimum atomic E-state index is 0.0128. The summed E-state index contributed by atoms with van der Waals surface area (Å²) in [5.41, 5.74) is 0.915. The number of nitrogens with one attached hydrogen (secondary N) is 2. The summed E-state index contributed by atoms with van der Waals surface area (Å²) >= 11 is 0. The highest BCUT2D eigenvalue weighted by Crippen LogP contribution is 2.02. The monoisotopic (exact) mass is 240 g/mol. The van der Waals surface area contributed by atoms with Crippen molar-refractivity contribution in [3.63, 3.8) is 0 Å². The van der Waals surface area contributed by atoms with E-state index >= 15 is 0 Å². The van der Waals surface area contributed by atoms with Gasteiger partial charge in [0, 0.05) is 27.3 Å². The van der Waals surface area contributed by atoms with Crippen LogP contribution in [0.5, 0.6) is 0 Å². The Hall–Kier alpha value is -1.24. The number of hydrogen-bond acceptors (Lipinski definition) is 6. The van der Waals surface area contributed by atoms with Gasteiger partial charge in [-0.1, -0.05) is 0 Å². The van der Waals surface area contributed by atoms with Crippen LogP contribution < -0.4 is 10.6 Å². The van der Waals surface area contributed by atoms with Crippen molar-refractivity contribution in [3.05, 3.63) is 18.1 Å². The lowest BCUT2D eigenvalue weighted by Crippen LogP contribution is -2.27. The molecule has 17 heavy (non-hydrogen) atoms. The molecule has 1 heterocycles. The van der Waals surface area contributed by atoms with E-state index in [0.717, 1.165) is 18.1 Å². The lowest BCUT2D eigenvalue weighted by Gasteiger charge is -2.15. The zero-order valence-corrected chi connectivity index (χ0v) is 10.6. The van der Waals surface area contributed by atoms with Crippen molar-refractivity contribution in [2.75, 3.05) is 39.7 Å². The van der Waals surface area contributed by atoms with Crippen molar-refractivity contribution in [3.8, 4) is 0 Å². The molecule has 0 aliphatic rings. The number of rotatable bonds is 8. The highest BCUT2D eigenvalue weighted by Gasteiger charge is 2.06. The Bertz CT molecular complexity index is 305. The number of hydrogen-bond donors (Lipinski definition) is 2. The predicted molar refractivity (Wildman–Crippen MR) is 66.0 cm³/mol. The Kier molecular flexibility index (Phi) is 6.46. The first-order valence-corrected chi connectivity index (χ1v) is 5.51. The van der Waals surface area contributed by atoms with Crippen LogP contribution in [0.15, 0.2) is 12.4 Å². The van der Waals surface area contributed by atoms with E-state index in [9.17, 15) is 0 Å². The Morgan fingerprint density at radius 1 is 1.29 bits per heavy atom. The summed E-state index contributed by atoms with van der Waals surface area (Å²) in [4.78, 5) is 8.51. The highest BCUT2D eigenvalue weighted by molar-refractivity contribution is 5.31. The molecule has 2 N–H and O–H groups in total. The molecule has 6 nitrogen and oxygen atoms in total. The van der Waals surface area contributed by atoms with E-state index in [-0.39, 0.29) is 6.10 Å². The van der Waals surface area contributed by atoms with Crippen LogP contribution in [0.1, 0.15) is 5.69 Å². The Morgan fingerprint density at radius 2 is 2.12 bits per heavy atom. The van der Waals surface area contributed by atoms with E-state index in [0.29, 0.717) is 13.2 Å². The second-order valence-corrected chi connectivity index (χ2v) is 3.62. The van der Waals surface area contributed by atoms with Gasteiger partial charge in [0.05, 0.1) is 30.8 Å². The molecule has 1 aromatic heterocycles. The molecule has 0 radical (unpaired) electrons. The SMILES string of the molecule is CNCc1cnc(NCC(COC)OC)cn1. The average molecular weight is 240 g/mol. The van der Waals surface area contributed by atoms with Gasteiger partial charge in [-0.25, -0.2) is 4.98 Å². The van der Waals surface area contributed by atoms with Crippen LogP contribution in [0, 0.1) is 0 Å². The molecular formula is C11H20N4O2. The number of anilines is 1. The van der Waals surface area contributed by atoms with Gasteiger partial charge in [0.15, 0.2) is 0 Å². The fraction of sp³-hybridized carbons (Fsp3) is 0.636. The first-order chi connectivity index (χ1) is 8.30. The molecule has 0 aromatic carbocycles. The summed E-state index contributed by atoms with van der Waals surface area (Å²) < 4.78 is 10.3. The summed E-state index contributed by atoms with van der Waals surface area (Å²) in [6, 6.07) is 0. The van der Waals surface area contributed by atoms with Crippen molar-refractivity contribution in [1.29, 1.82) is 0 Å². The summed E-state index contributed by atoms with van der Waals surface area (Å²) in [6.45, 7) is 1.91. The van der Waals surface area contributed by atoms with Crippen molar-refractivity contribution in [2.24, 2.45) is 0 Å². The molecule has 0 aliphatic carbocycles. The Labute approximate surface area is 102 Å². The normalized spacial score (nSPS) is 12.4. The van der Waals surface area contributed by atoms with E-state index in [1.165, 1.54) is 0 Å². The molecule has 0 saturated carbocycles. The molecule has 1 unspecified atom stereocenters. The van der Waals surface area contributed by atoms with Gasteiger partial charge < -0.3 is 20.1 Å². The molecule has 96 valence electrons. The highest BCUT2D eigenvalue weighted by atomic mass is 16.5. The smallest absolute Gasteiger partial charge is 0.144 e. The third-order valence-electron chi connectivity index (χ3n) is 2.26. The Balaban J connectivity index is 2.40. The molecule has 6 heteroatoms. The quantitative estimate of drug-likeness (QED) is 0.680. The van der Waals surface area contributed by atoms with Gasteiger partial charge in [-0.3, -0.25) is 4.98 Å². The molecule has 0 amide bonds. The maximum absolute atomic E-state index is 5.23. The van der Waals surface area contributed by atoms with E-state index in [1.54, 1.807) is 26.6 Å². The molecule has 1 atom stereocenters. The summed E-state index contributed by atoms with van der Waals surface area (Å²) in [5.74, 6) is 0.739. The molecule has 0 spiro atoms. The minimum absolute atomic E-state index is 0.0128. The van der Waals surface area contributed by atoms with Gasteiger partial charge in [-0.15, -0.1) is 0 Å². The van der Waals surface area contributed by atoms with Gasteiger partial charge in [-0.05, 0) is 7.05 Å². The number of nitrogens with zero attached hydrogens (tertiary/aromatic N) is 2. The van der Waals surface area contributed by atoms with Gasteiger partial charge >= 0.3 is 0 Å². The summed E-state index contributed by atoms with van der Waals surface area (Å²) in [7, 11) is 5.19. The van der Waals surface area contributed by atoms with Gasteiger partial charge in [-0.2, -0.15) is 0 Å². The molecule has 0 saturated heterocycles. The van der Waals surface area contributed by atoms with Crippen LogP contribution in [0.4, 0.5) is 5.82 Å². The third-order valence-corrected chi connectivity index (χ3v) is 2.26. The van der Waals surface area contributed by atoms with Crippen molar-refractivity contribution in [2.45, 2.75) is 12.6 Å². The maximum atomic E-state index is 5.23. The van der Waals surface area contributed by atoms with E-state index < -0.39 is 0 Å². The van der Waals surface area contributed by atoms with Crippen molar-refractivity contribution < 1.29 is 9.47 Å². The molecule has 0 fully saturated rings. The van der Waals surface area contributed by atoms with Crippen LogP contribution in [0.2, 0.25) is 0 Å². The molecule has 1 aromatic rings. The summed E-state index contributed by atoms with van der Waals surface area (Å²) in [5, 5.41) is 6.17. The van der Waals surface area contributed by atoms with Crippen molar-refractivity contribution in [1.82, 2.24) is 15.3 Å². The Morgan fingerprint density at radius 3 is 2.65 bits per heavy atom. The lowest BCUT2D eigenvalue weighted by atomic mass is 10.3. The maximum Gasteiger partial charge on any atom is 0.144 e. The van der Waals surface area contributed by atoms with Gasteiger partial charge in [0.2, 0.25) is 0 Å². The molecular weight excluding hydrogens is 220 g/mol. The molecule has 1 rings (SSSR count). The second kappa shape index (κ2) is 7.94. The van der Waals surface area contributed by atoms with Crippen LogP contribution in [-0.4, -0.2) is 50.5 Å². The number of ether oxygens (including phenoxy) is 2. The third kappa shape index (κ3) is 5.08. The summed E-state index contributed by atoms with van der Waals surface area (Å²) in [6.07, 6.45) is 3.47. The van der Waals surface area contributed by atoms with Crippen LogP contribution in [0.3, 0.4) is 0 Å². The number of methoxy groups -OCH3 is 2. The zero-order chi connectivity index (χ0) is 12.5. The zero-order valence-electron chi connectivity index (χ0n) is 10.6. The second-order valence-electron chi connectivity index (χ2n) is 3.62. The fourth-order valence-electron chi connectivity index (χ4n) is 1.33. The largest absolute Gasteiger partial charge is 0.382 e. The van der Waals surface area contributed by atoms with Gasteiger partial charge in [0.1, 0.15) is 5.82 Å². The standard InChI is InChI=1S/C11H20N4O2/c1-12-4-9-5-14-11(7-13-9)15-6-10(17-3)8-16-2/h5,7,10,12H,4,6,8H2,1-3H3,(H,14,15). The van der Waals surface area contributed by atoms with Gasteiger partial charge in [0.25, 0.3) is 0 Å². The molecule has 0 bridgehead atoms. The predicted octanol–water partition coefficient (Wildman–Crippen LogP) is 0.269. The fourth-order valence-corrected chi connectivity index (χ4v) is 1.33. The number of aromatic nitrogens is 2. The first-order valence-electron chi connectivity index (χ1n) is 5.51. The molecule has 0 aliphatic heterocycles. The minimum Gasteiger partial charge on any atom is -0.382 e. The lowest BCUT2D eigenvalue weighted by molar-refractivity contribution is 0.0365. The van der Waals surface area contributed by atoms with Crippen LogP contribution >= 0.6 is 0 Å². The van der Waals surface area contributed by atoms with Crippen LogP contribution in [-0.2, 0) is 16.0 Å². The van der Waals surface area contributed by atoms with Crippen molar-refractivity contribution >= 4 is 5.82 Å². The average Bonchev–Trinajstić information content (AvgIpc) is 2.36. The van der Waals surface area contributed by atoms with E-state index in [2.05, 4.69) is 20.6 Å².